The standard InChI is InChI=1S/C22H42N2O3/c1-3-5-8-13-20(25)17-16-19-12-11-15-22(27)24(19)18-10-7-6-9-14-21(26)23-4-2/h19-20,25H,3-18H2,1-2H3,(H,23,26)/t19-,20?/m1/s1. The number of rotatable bonds is 15. The Hall–Kier alpha value is -1.10. The van der Waals surface area contributed by atoms with E-state index in [-0.39, 0.29) is 17.9 Å². The van der Waals surface area contributed by atoms with E-state index < -0.39 is 0 Å². The molecule has 5 nitrogen and oxygen atoms in total. The monoisotopic (exact) mass is 382 g/mol. The number of nitrogens with zero attached hydrogens (tertiary/aromatic N) is 1. The zero-order chi connectivity index (χ0) is 19.9. The highest BCUT2D eigenvalue weighted by Gasteiger charge is 2.27. The summed E-state index contributed by atoms with van der Waals surface area (Å²) in [6, 6.07) is 0.308. The van der Waals surface area contributed by atoms with E-state index in [9.17, 15) is 14.7 Å². The molecule has 158 valence electrons. The first kappa shape index (κ1) is 23.9. The van der Waals surface area contributed by atoms with Crippen molar-refractivity contribution in [2.45, 2.75) is 116 Å². The van der Waals surface area contributed by atoms with Crippen LogP contribution >= 0.6 is 0 Å². The van der Waals surface area contributed by atoms with Gasteiger partial charge in [-0.3, -0.25) is 9.59 Å². The molecule has 0 aromatic rings. The molecule has 1 saturated heterocycles. The molecule has 1 fully saturated rings. The van der Waals surface area contributed by atoms with Gasteiger partial charge in [-0.25, -0.2) is 0 Å². The maximum Gasteiger partial charge on any atom is 0.222 e. The molecule has 0 aromatic carbocycles. The molecule has 0 spiro atoms. The Morgan fingerprint density at radius 2 is 1.93 bits per heavy atom. The number of nitrogens with one attached hydrogen (secondary N) is 1. The molecule has 5 heteroatoms. The second-order valence-corrected chi connectivity index (χ2v) is 7.98. The summed E-state index contributed by atoms with van der Waals surface area (Å²) in [5, 5.41) is 13.0. The molecular weight excluding hydrogens is 340 g/mol. The van der Waals surface area contributed by atoms with Gasteiger partial charge in [0.1, 0.15) is 0 Å². The van der Waals surface area contributed by atoms with Crippen molar-refractivity contribution in [2.75, 3.05) is 13.1 Å². The number of aliphatic hydroxyl groups is 1. The van der Waals surface area contributed by atoms with Gasteiger partial charge in [-0.2, -0.15) is 0 Å². The minimum Gasteiger partial charge on any atom is -0.393 e. The highest BCUT2D eigenvalue weighted by atomic mass is 16.3. The van der Waals surface area contributed by atoms with Crippen LogP contribution in [0.1, 0.15) is 104 Å². The minimum atomic E-state index is -0.218. The van der Waals surface area contributed by atoms with Crippen LogP contribution in [0.3, 0.4) is 0 Å². The van der Waals surface area contributed by atoms with Crippen molar-refractivity contribution in [2.24, 2.45) is 0 Å². The first-order chi connectivity index (χ1) is 13.1. The Labute approximate surface area is 166 Å². The summed E-state index contributed by atoms with van der Waals surface area (Å²) in [5.41, 5.74) is 0. The highest BCUT2D eigenvalue weighted by Crippen LogP contribution is 2.24. The van der Waals surface area contributed by atoms with Gasteiger partial charge in [0, 0.05) is 32.0 Å². The smallest absolute Gasteiger partial charge is 0.222 e. The Balaban J connectivity index is 2.24. The fourth-order valence-corrected chi connectivity index (χ4v) is 3.97. The van der Waals surface area contributed by atoms with Crippen molar-refractivity contribution >= 4 is 11.8 Å². The summed E-state index contributed by atoms with van der Waals surface area (Å²) in [6.07, 6.45) is 13.3. The Bertz CT molecular complexity index is 414. The fourth-order valence-electron chi connectivity index (χ4n) is 3.97. The summed E-state index contributed by atoms with van der Waals surface area (Å²) < 4.78 is 0. The molecule has 0 radical (unpaired) electrons. The van der Waals surface area contributed by atoms with E-state index in [0.29, 0.717) is 25.4 Å². The minimum absolute atomic E-state index is 0.140. The zero-order valence-corrected chi connectivity index (χ0v) is 17.7. The lowest BCUT2D eigenvalue weighted by Crippen LogP contribution is -2.44. The average Bonchev–Trinajstić information content (AvgIpc) is 2.64. The van der Waals surface area contributed by atoms with Gasteiger partial charge in [0.25, 0.3) is 0 Å². The number of hydrogen-bond acceptors (Lipinski definition) is 3. The van der Waals surface area contributed by atoms with Gasteiger partial charge in [-0.15, -0.1) is 0 Å². The number of aliphatic hydroxyl groups excluding tert-OH is 1. The van der Waals surface area contributed by atoms with E-state index in [1.54, 1.807) is 0 Å². The van der Waals surface area contributed by atoms with E-state index in [2.05, 4.69) is 17.1 Å². The first-order valence-electron chi connectivity index (χ1n) is 11.3. The highest BCUT2D eigenvalue weighted by molar-refractivity contribution is 5.77. The van der Waals surface area contributed by atoms with Crippen molar-refractivity contribution in [3.05, 3.63) is 0 Å². The summed E-state index contributed by atoms with van der Waals surface area (Å²) in [6.45, 7) is 5.65. The molecule has 1 aliphatic heterocycles. The number of likely N-dealkylation sites (tertiary alicyclic amines) is 1. The largest absolute Gasteiger partial charge is 0.393 e. The van der Waals surface area contributed by atoms with Crippen molar-refractivity contribution in [1.82, 2.24) is 10.2 Å². The van der Waals surface area contributed by atoms with Crippen LogP contribution in [-0.2, 0) is 9.59 Å². The first-order valence-corrected chi connectivity index (χ1v) is 11.3. The molecular formula is C22H42N2O3. The SMILES string of the molecule is CCCCCC(O)CC[C@H]1CCCC(=O)N1CCCCCCC(=O)NCC. The molecule has 2 N–H and O–H groups in total. The van der Waals surface area contributed by atoms with Crippen molar-refractivity contribution in [1.29, 1.82) is 0 Å². The van der Waals surface area contributed by atoms with Crippen LogP contribution in [0.25, 0.3) is 0 Å². The van der Waals surface area contributed by atoms with Crippen LogP contribution in [0, 0.1) is 0 Å². The molecule has 2 amide bonds. The van der Waals surface area contributed by atoms with Crippen LogP contribution in [0.15, 0.2) is 0 Å². The van der Waals surface area contributed by atoms with Crippen molar-refractivity contribution < 1.29 is 14.7 Å². The second kappa shape index (κ2) is 14.9. The van der Waals surface area contributed by atoms with E-state index >= 15 is 0 Å². The molecule has 1 unspecified atom stereocenters. The summed E-state index contributed by atoms with van der Waals surface area (Å²) >= 11 is 0. The molecule has 1 aliphatic rings. The Morgan fingerprint density at radius 3 is 2.67 bits per heavy atom. The Morgan fingerprint density at radius 1 is 1.15 bits per heavy atom. The predicted molar refractivity (Wildman–Crippen MR) is 111 cm³/mol. The van der Waals surface area contributed by atoms with Gasteiger partial charge in [-0.05, 0) is 51.9 Å². The molecule has 0 aliphatic carbocycles. The Kier molecular flexibility index (Phi) is 13.2. The van der Waals surface area contributed by atoms with E-state index in [1.165, 1.54) is 12.8 Å². The lowest BCUT2D eigenvalue weighted by Gasteiger charge is -2.36. The second-order valence-electron chi connectivity index (χ2n) is 7.98. The van der Waals surface area contributed by atoms with Gasteiger partial charge in [0.2, 0.25) is 11.8 Å². The van der Waals surface area contributed by atoms with Crippen LogP contribution in [0.5, 0.6) is 0 Å². The lowest BCUT2D eigenvalue weighted by atomic mass is 9.94. The van der Waals surface area contributed by atoms with Crippen LogP contribution < -0.4 is 5.32 Å². The average molecular weight is 383 g/mol. The number of amides is 2. The summed E-state index contributed by atoms with van der Waals surface area (Å²) in [4.78, 5) is 25.9. The molecule has 1 heterocycles. The lowest BCUT2D eigenvalue weighted by molar-refractivity contribution is -0.136. The third-order valence-corrected chi connectivity index (χ3v) is 5.59. The predicted octanol–water partition coefficient (Wildman–Crippen LogP) is 4.18. The van der Waals surface area contributed by atoms with Gasteiger partial charge < -0.3 is 15.3 Å². The fraction of sp³-hybridized carbons (Fsp3) is 0.909. The van der Waals surface area contributed by atoms with Gasteiger partial charge in [-0.1, -0.05) is 39.0 Å². The van der Waals surface area contributed by atoms with E-state index in [0.717, 1.165) is 70.8 Å². The van der Waals surface area contributed by atoms with Gasteiger partial charge >= 0.3 is 0 Å². The van der Waals surface area contributed by atoms with Crippen molar-refractivity contribution in [3.63, 3.8) is 0 Å². The quantitative estimate of drug-likeness (QED) is 0.418. The molecule has 27 heavy (non-hydrogen) atoms. The molecule has 0 bridgehead atoms. The van der Waals surface area contributed by atoms with Crippen LogP contribution in [-0.4, -0.2) is 47.1 Å². The van der Waals surface area contributed by atoms with E-state index in [1.807, 2.05) is 6.92 Å². The summed E-state index contributed by atoms with van der Waals surface area (Å²) in [5.74, 6) is 0.426. The van der Waals surface area contributed by atoms with Crippen LogP contribution in [0.4, 0.5) is 0 Å². The maximum atomic E-state index is 12.4. The third-order valence-electron chi connectivity index (χ3n) is 5.59. The number of piperidine rings is 1. The molecule has 2 atom stereocenters. The van der Waals surface area contributed by atoms with Gasteiger partial charge in [0.15, 0.2) is 0 Å². The number of carbonyl (C=O) groups is 2. The molecule has 1 rings (SSSR count). The number of carbonyl (C=O) groups excluding carboxylic acids is 2. The van der Waals surface area contributed by atoms with E-state index in [4.69, 9.17) is 0 Å². The molecule has 0 saturated carbocycles. The zero-order valence-electron chi connectivity index (χ0n) is 17.7. The maximum absolute atomic E-state index is 12.4. The van der Waals surface area contributed by atoms with Crippen LogP contribution in [0.2, 0.25) is 0 Å². The third kappa shape index (κ3) is 10.7. The number of hydrogen-bond donors (Lipinski definition) is 2. The van der Waals surface area contributed by atoms with Crippen molar-refractivity contribution in [3.8, 4) is 0 Å². The molecule has 0 aromatic heterocycles. The topological polar surface area (TPSA) is 69.6 Å². The van der Waals surface area contributed by atoms with Gasteiger partial charge in [0.05, 0.1) is 6.10 Å². The summed E-state index contributed by atoms with van der Waals surface area (Å²) in [7, 11) is 0. The normalized spacial score (nSPS) is 18.6. The number of unbranched alkanes of at least 4 members (excludes halogenated alkanes) is 5.